The lowest BCUT2D eigenvalue weighted by molar-refractivity contribution is -0.384. The molecule has 1 aliphatic heterocycles. The first kappa shape index (κ1) is 29.8. The van der Waals surface area contributed by atoms with Crippen molar-refractivity contribution in [2.24, 2.45) is 0 Å². The summed E-state index contributed by atoms with van der Waals surface area (Å²) >= 11 is 14.7. The summed E-state index contributed by atoms with van der Waals surface area (Å²) in [6.45, 7) is 3.59. The molecular weight excluding hydrogens is 647 g/mol. The van der Waals surface area contributed by atoms with E-state index >= 15 is 0 Å². The van der Waals surface area contributed by atoms with Gasteiger partial charge < -0.3 is 9.51 Å². The van der Waals surface area contributed by atoms with Crippen molar-refractivity contribution in [1.29, 1.82) is 0 Å². The van der Waals surface area contributed by atoms with Crippen LogP contribution in [0.5, 0.6) is 0 Å². The third-order valence-electron chi connectivity index (χ3n) is 7.12. The number of imidazole rings is 1. The predicted octanol–water partition coefficient (Wildman–Crippen LogP) is 6.94. The second-order valence-electron chi connectivity index (χ2n) is 9.83. The second kappa shape index (κ2) is 11.7. The van der Waals surface area contributed by atoms with E-state index in [1.807, 2.05) is 19.1 Å². The van der Waals surface area contributed by atoms with Crippen LogP contribution in [0.1, 0.15) is 34.1 Å². The van der Waals surface area contributed by atoms with E-state index in [0.29, 0.717) is 31.5 Å². The zero-order valence-electron chi connectivity index (χ0n) is 22.9. The molecule has 0 radical (unpaired) electrons. The number of nitro benzene ring substituents is 1. The molecule has 1 fully saturated rings. The molecule has 5 aromatic rings. The van der Waals surface area contributed by atoms with E-state index in [2.05, 4.69) is 15.2 Å². The predicted molar refractivity (Wildman–Crippen MR) is 168 cm³/mol. The van der Waals surface area contributed by atoms with Crippen LogP contribution >= 0.6 is 46.3 Å². The molecule has 0 aliphatic carbocycles. The lowest BCUT2D eigenvalue weighted by Crippen LogP contribution is -2.29. The number of non-ortho nitro benzene ring substituents is 1. The van der Waals surface area contributed by atoms with E-state index in [1.165, 1.54) is 30.0 Å². The molecule has 4 heterocycles. The maximum absolute atomic E-state index is 13.6. The number of ketones is 1. The van der Waals surface area contributed by atoms with Crippen molar-refractivity contribution in [3.05, 3.63) is 115 Å². The van der Waals surface area contributed by atoms with E-state index < -0.39 is 28.4 Å². The minimum Gasteiger partial charge on any atom is -0.505 e. The fourth-order valence-electron chi connectivity index (χ4n) is 4.96. The lowest BCUT2D eigenvalue weighted by atomic mass is 9.96. The summed E-state index contributed by atoms with van der Waals surface area (Å²) in [5.41, 5.74) is 2.59. The van der Waals surface area contributed by atoms with Crippen LogP contribution in [0, 0.1) is 24.0 Å². The number of hydrogen-bond acceptors (Lipinski definition) is 10. The highest BCUT2D eigenvalue weighted by atomic mass is 35.5. The fourth-order valence-corrected chi connectivity index (χ4v) is 7.39. The molecule has 0 bridgehead atoms. The van der Waals surface area contributed by atoms with Gasteiger partial charge in [0, 0.05) is 34.1 Å². The largest absolute Gasteiger partial charge is 0.505 e. The number of carbonyl (C=O) groups excluding carboxylic acids is 2. The number of rotatable bonds is 7. The number of halogens is 2. The van der Waals surface area contributed by atoms with Gasteiger partial charge in [0.2, 0.25) is 5.13 Å². The van der Waals surface area contributed by atoms with E-state index in [9.17, 15) is 24.8 Å². The van der Waals surface area contributed by atoms with Crippen molar-refractivity contribution in [3.63, 3.8) is 0 Å². The number of fused-ring (bicyclic) bond motifs is 1. The van der Waals surface area contributed by atoms with Crippen molar-refractivity contribution >= 4 is 80.2 Å². The summed E-state index contributed by atoms with van der Waals surface area (Å²) < 4.78 is 2.25. The van der Waals surface area contributed by atoms with Crippen molar-refractivity contribution in [3.8, 4) is 0 Å². The number of nitrogens with zero attached hydrogens (tertiary/aromatic N) is 6. The monoisotopic (exact) mass is 666 g/mol. The molecule has 11 nitrogen and oxygen atoms in total. The minimum atomic E-state index is -1.24. The summed E-state index contributed by atoms with van der Waals surface area (Å²) in [6.07, 6.45) is 1.77. The van der Waals surface area contributed by atoms with E-state index in [-0.39, 0.29) is 27.6 Å². The molecule has 1 N–H and O–H groups in total. The Morgan fingerprint density at radius 3 is 2.64 bits per heavy atom. The van der Waals surface area contributed by atoms with Crippen molar-refractivity contribution in [2.75, 3.05) is 4.90 Å². The molecule has 6 rings (SSSR count). The van der Waals surface area contributed by atoms with Crippen molar-refractivity contribution in [1.82, 2.24) is 19.6 Å². The van der Waals surface area contributed by atoms with Crippen LogP contribution in [0.25, 0.3) is 11.4 Å². The highest BCUT2D eigenvalue weighted by Gasteiger charge is 2.49. The lowest BCUT2D eigenvalue weighted by Gasteiger charge is -2.22. The van der Waals surface area contributed by atoms with Gasteiger partial charge in [-0.05, 0) is 48.7 Å². The first-order valence-electron chi connectivity index (χ1n) is 13.0. The molecule has 1 aliphatic rings. The highest BCUT2D eigenvalue weighted by Crippen LogP contribution is 2.45. The first-order valence-corrected chi connectivity index (χ1v) is 15.5. The Kier molecular flexibility index (Phi) is 7.88. The average molecular weight is 668 g/mol. The fraction of sp³-hybridized carbons (Fsp3) is 0.138. The van der Waals surface area contributed by atoms with Gasteiger partial charge in [-0.2, -0.15) is 0 Å². The summed E-state index contributed by atoms with van der Waals surface area (Å²) in [5, 5.41) is 32.7. The Morgan fingerprint density at radius 1 is 1.11 bits per heavy atom. The van der Waals surface area contributed by atoms with Crippen LogP contribution in [0.3, 0.4) is 0 Å². The van der Waals surface area contributed by atoms with E-state index in [0.717, 1.165) is 27.4 Å². The van der Waals surface area contributed by atoms with Gasteiger partial charge in [0.1, 0.15) is 11.3 Å². The Balaban J connectivity index is 1.45. The van der Waals surface area contributed by atoms with E-state index in [4.69, 9.17) is 23.2 Å². The number of pyridine rings is 1. The number of aryl methyl sites for hydroxylation is 2. The van der Waals surface area contributed by atoms with Crippen molar-refractivity contribution < 1.29 is 19.6 Å². The minimum absolute atomic E-state index is 0.0786. The molecule has 222 valence electrons. The Hall–Kier alpha value is -4.30. The molecule has 0 spiro atoms. The van der Waals surface area contributed by atoms with Crippen LogP contribution in [-0.2, 0) is 15.3 Å². The van der Waals surface area contributed by atoms with Gasteiger partial charge in [-0.15, -0.1) is 10.2 Å². The van der Waals surface area contributed by atoms with Crippen LogP contribution in [-0.4, -0.2) is 41.3 Å². The van der Waals surface area contributed by atoms with Crippen LogP contribution in [0.15, 0.2) is 70.7 Å². The molecule has 1 amide bonds. The number of benzene rings is 2. The molecule has 44 heavy (non-hydrogen) atoms. The molecule has 3 aromatic heterocycles. The molecule has 1 saturated heterocycles. The molecule has 2 aromatic carbocycles. The number of aromatic nitrogens is 4. The Bertz CT molecular complexity index is 2040. The molecule has 1 atom stereocenters. The Labute approximate surface area is 267 Å². The SMILES string of the molecule is Cc1cccn2c(C)c(C(O)=C3C(=O)C(=O)N(c4nnc(SCc5ccc(Cl)cc5Cl)s4)C3c3cccc([N+](=O)[O-])c3)nc12. The van der Waals surface area contributed by atoms with E-state index in [1.54, 1.807) is 41.8 Å². The molecule has 0 saturated carbocycles. The molecule has 15 heteroatoms. The summed E-state index contributed by atoms with van der Waals surface area (Å²) in [7, 11) is 0. The van der Waals surface area contributed by atoms with Gasteiger partial charge in [-0.25, -0.2) is 4.98 Å². The van der Waals surface area contributed by atoms with Gasteiger partial charge in [0.25, 0.3) is 11.5 Å². The maximum Gasteiger partial charge on any atom is 0.301 e. The number of carbonyl (C=O) groups is 2. The normalized spacial score (nSPS) is 16.3. The van der Waals surface area contributed by atoms with Gasteiger partial charge in [0.15, 0.2) is 10.1 Å². The van der Waals surface area contributed by atoms with Crippen molar-refractivity contribution in [2.45, 2.75) is 30.0 Å². The smallest absolute Gasteiger partial charge is 0.301 e. The van der Waals surface area contributed by atoms with Crippen LogP contribution in [0.2, 0.25) is 10.0 Å². The summed E-state index contributed by atoms with van der Waals surface area (Å²) in [6, 6.07) is 13.2. The third-order valence-corrected chi connectivity index (χ3v) is 9.81. The summed E-state index contributed by atoms with van der Waals surface area (Å²) in [5.74, 6) is -2.01. The zero-order valence-corrected chi connectivity index (χ0v) is 26.0. The quantitative estimate of drug-likeness (QED) is 0.0371. The number of hydrogen-bond donors (Lipinski definition) is 1. The van der Waals surface area contributed by atoms with Gasteiger partial charge in [0.05, 0.1) is 22.2 Å². The standard InChI is InChI=1S/C29H20Cl2N6O5S2/c1-14-5-4-10-35-15(2)22(32-26(14)35)24(38)21-23(16-6-3-7-19(11-16)37(41)42)36(27(40)25(21)39)28-33-34-29(44-28)43-13-17-8-9-18(30)12-20(17)31/h3-12,23,38H,13H2,1-2H3. The number of nitro groups is 1. The second-order valence-corrected chi connectivity index (χ2v) is 12.8. The number of aliphatic hydroxyl groups excluding tert-OH is 1. The topological polar surface area (TPSA) is 144 Å². The number of thioether (sulfide) groups is 1. The van der Waals surface area contributed by atoms with Gasteiger partial charge in [-0.3, -0.25) is 24.6 Å². The van der Waals surface area contributed by atoms with Crippen LogP contribution in [0.4, 0.5) is 10.8 Å². The Morgan fingerprint density at radius 2 is 1.91 bits per heavy atom. The van der Waals surface area contributed by atoms with Gasteiger partial charge in [-0.1, -0.05) is 70.6 Å². The summed E-state index contributed by atoms with van der Waals surface area (Å²) in [4.78, 5) is 44.0. The zero-order chi connectivity index (χ0) is 31.3. The number of aliphatic hydroxyl groups is 1. The third kappa shape index (κ3) is 5.21. The van der Waals surface area contributed by atoms with Crippen LogP contribution < -0.4 is 4.90 Å². The number of amides is 1. The number of anilines is 1. The molecular formula is C29H20Cl2N6O5S2. The average Bonchev–Trinajstić information content (AvgIpc) is 3.67. The van der Waals surface area contributed by atoms with Gasteiger partial charge >= 0.3 is 5.91 Å². The maximum atomic E-state index is 13.6. The number of Topliss-reactive ketones (excluding diaryl/α,β-unsaturated/α-hetero) is 1. The highest BCUT2D eigenvalue weighted by molar-refractivity contribution is 8.00. The first-order chi connectivity index (χ1) is 21.0. The molecule has 1 unspecified atom stereocenters.